The van der Waals surface area contributed by atoms with Crippen LogP contribution in [-0.2, 0) is 0 Å². The van der Waals surface area contributed by atoms with Gasteiger partial charge in [-0.25, -0.2) is 14.6 Å². The first-order chi connectivity index (χ1) is 18.5. The lowest BCUT2D eigenvalue weighted by atomic mass is 9.97. The van der Waals surface area contributed by atoms with Gasteiger partial charge in [-0.1, -0.05) is 18.2 Å². The van der Waals surface area contributed by atoms with Crippen LogP contribution < -0.4 is 5.32 Å². The Morgan fingerprint density at radius 2 is 1.82 bits per heavy atom. The van der Waals surface area contributed by atoms with Gasteiger partial charge in [0.1, 0.15) is 5.69 Å². The number of piperidine rings is 1. The Bertz CT molecular complexity index is 1630. The Morgan fingerprint density at radius 1 is 1.03 bits per heavy atom. The monoisotopic (exact) mass is 542 g/mol. The summed E-state index contributed by atoms with van der Waals surface area (Å²) in [7, 11) is 0. The van der Waals surface area contributed by atoms with Crippen LogP contribution in [0.25, 0.3) is 15.9 Å². The number of likely N-dealkylation sites (tertiary alicyclic amines) is 1. The summed E-state index contributed by atoms with van der Waals surface area (Å²) in [6.07, 6.45) is 3.29. The molecule has 192 valence electrons. The van der Waals surface area contributed by atoms with Gasteiger partial charge in [0.2, 0.25) is 0 Å². The number of aromatic nitrogens is 4. The number of carbonyl (C=O) groups excluding carboxylic acids is 2. The molecule has 38 heavy (non-hydrogen) atoms. The van der Waals surface area contributed by atoms with Gasteiger partial charge in [0, 0.05) is 30.1 Å². The van der Waals surface area contributed by atoms with E-state index in [4.69, 9.17) is 0 Å². The number of amides is 2. The number of hydrogen-bond donors (Lipinski definition) is 1. The zero-order valence-corrected chi connectivity index (χ0v) is 22.7. The second-order valence-electron chi connectivity index (χ2n) is 9.40. The Kier molecular flexibility index (Phi) is 6.50. The van der Waals surface area contributed by atoms with Crippen LogP contribution in [0.4, 0.5) is 5.69 Å². The minimum atomic E-state index is -0.225. The van der Waals surface area contributed by atoms with E-state index in [2.05, 4.69) is 20.4 Å². The highest BCUT2D eigenvalue weighted by atomic mass is 32.1. The number of hydrogen-bond acceptors (Lipinski definition) is 7. The number of nitrogens with zero attached hydrogens (tertiary/aromatic N) is 5. The number of anilines is 1. The van der Waals surface area contributed by atoms with Gasteiger partial charge in [-0.3, -0.25) is 9.59 Å². The Morgan fingerprint density at radius 3 is 2.61 bits per heavy atom. The molecule has 0 radical (unpaired) electrons. The number of benzene rings is 2. The highest BCUT2D eigenvalue weighted by molar-refractivity contribution is 7.18. The fourth-order valence-electron chi connectivity index (χ4n) is 4.84. The Labute approximate surface area is 228 Å². The molecule has 0 bridgehead atoms. The number of para-hydroxylation sites is 1. The van der Waals surface area contributed by atoms with Crippen molar-refractivity contribution in [1.29, 1.82) is 0 Å². The van der Waals surface area contributed by atoms with Gasteiger partial charge < -0.3 is 10.2 Å². The van der Waals surface area contributed by atoms with Crippen molar-refractivity contribution in [2.24, 2.45) is 0 Å². The third-order valence-corrected chi connectivity index (χ3v) is 8.84. The molecule has 10 heteroatoms. The Balaban J connectivity index is 1.08. The molecule has 0 atom stereocenters. The summed E-state index contributed by atoms with van der Waals surface area (Å²) in [6.45, 7) is 5.19. The maximum atomic E-state index is 13.3. The average Bonchev–Trinajstić information content (AvgIpc) is 3.66. The van der Waals surface area contributed by atoms with Crippen LogP contribution >= 0.6 is 22.7 Å². The van der Waals surface area contributed by atoms with Crippen molar-refractivity contribution < 1.29 is 9.59 Å². The molecular formula is C28H26N6O2S2. The zero-order chi connectivity index (χ0) is 26.2. The molecule has 1 N–H and O–H groups in total. The van der Waals surface area contributed by atoms with Crippen molar-refractivity contribution in [2.45, 2.75) is 32.6 Å². The number of rotatable bonds is 5. The van der Waals surface area contributed by atoms with Crippen LogP contribution in [0.5, 0.6) is 0 Å². The molecule has 6 rings (SSSR count). The smallest absolute Gasteiger partial charge is 0.275 e. The molecule has 3 aromatic heterocycles. The molecule has 1 saturated heterocycles. The lowest BCUT2D eigenvalue weighted by Gasteiger charge is -2.31. The number of nitrogens with one attached hydrogen (secondary N) is 1. The lowest BCUT2D eigenvalue weighted by Crippen LogP contribution is -2.38. The highest BCUT2D eigenvalue weighted by Crippen LogP contribution is 2.32. The average molecular weight is 543 g/mol. The van der Waals surface area contributed by atoms with Crippen LogP contribution in [0.1, 0.15) is 55.3 Å². The summed E-state index contributed by atoms with van der Waals surface area (Å²) in [5.41, 5.74) is 4.41. The van der Waals surface area contributed by atoms with E-state index < -0.39 is 0 Å². The predicted octanol–water partition coefficient (Wildman–Crippen LogP) is 5.83. The van der Waals surface area contributed by atoms with E-state index in [9.17, 15) is 9.59 Å². The maximum absolute atomic E-state index is 13.3. The standard InChI is InChI=1S/C28H26N6O2S2/c1-17-22(15-29-34(17)21-6-4-3-5-7-21)28(36)33-12-10-19(11-13-33)27-32-24(16-37-27)26(35)31-20-8-9-25-23(14-20)30-18(2)38-25/h3-9,14-16,19H,10-13H2,1-2H3,(H,31,35). The minimum absolute atomic E-state index is 0.00890. The SMILES string of the molecule is Cc1nc2cc(NC(=O)c3csc(C4CCN(C(=O)c5cnn(-c6ccccc6)c5C)CC4)n3)ccc2s1. The van der Waals surface area contributed by atoms with E-state index in [0.717, 1.165) is 44.5 Å². The van der Waals surface area contributed by atoms with Gasteiger partial charge in [-0.15, -0.1) is 22.7 Å². The van der Waals surface area contributed by atoms with Crippen molar-refractivity contribution >= 4 is 50.4 Å². The summed E-state index contributed by atoms with van der Waals surface area (Å²) in [4.78, 5) is 37.1. The van der Waals surface area contributed by atoms with E-state index in [1.54, 1.807) is 22.2 Å². The number of carbonyl (C=O) groups is 2. The zero-order valence-electron chi connectivity index (χ0n) is 21.0. The summed E-state index contributed by atoms with van der Waals surface area (Å²) in [5, 5.41) is 11.2. The summed E-state index contributed by atoms with van der Waals surface area (Å²) in [6, 6.07) is 15.6. The van der Waals surface area contributed by atoms with Crippen LogP contribution in [0.15, 0.2) is 60.1 Å². The molecule has 4 heterocycles. The maximum Gasteiger partial charge on any atom is 0.275 e. The number of thiazole rings is 2. The molecule has 2 amide bonds. The molecule has 1 aliphatic heterocycles. The van der Waals surface area contributed by atoms with Crippen molar-refractivity contribution in [1.82, 2.24) is 24.6 Å². The summed E-state index contributed by atoms with van der Waals surface area (Å²) in [5.74, 6) is 0.0139. The molecule has 0 saturated carbocycles. The molecule has 1 fully saturated rings. The molecule has 0 spiro atoms. The first kappa shape index (κ1) is 24.4. The first-order valence-electron chi connectivity index (χ1n) is 12.5. The highest BCUT2D eigenvalue weighted by Gasteiger charge is 2.28. The molecule has 5 aromatic rings. The molecule has 0 unspecified atom stereocenters. The Hall–Kier alpha value is -3.89. The van der Waals surface area contributed by atoms with Gasteiger partial charge in [0.15, 0.2) is 0 Å². The summed E-state index contributed by atoms with van der Waals surface area (Å²) >= 11 is 3.14. The van der Waals surface area contributed by atoms with Crippen LogP contribution in [0.2, 0.25) is 0 Å². The number of fused-ring (bicyclic) bond motifs is 1. The third kappa shape index (κ3) is 4.72. The molecule has 8 nitrogen and oxygen atoms in total. The first-order valence-corrected chi connectivity index (χ1v) is 14.2. The van der Waals surface area contributed by atoms with Crippen molar-refractivity contribution in [3.63, 3.8) is 0 Å². The molecule has 1 aliphatic rings. The normalized spacial score (nSPS) is 14.2. The fourth-order valence-corrected chi connectivity index (χ4v) is 6.62. The quantitative estimate of drug-likeness (QED) is 0.302. The third-order valence-electron chi connectivity index (χ3n) is 6.88. The van der Waals surface area contributed by atoms with E-state index >= 15 is 0 Å². The molecule has 0 aliphatic carbocycles. The lowest BCUT2D eigenvalue weighted by molar-refractivity contribution is 0.0712. The largest absolute Gasteiger partial charge is 0.338 e. The van der Waals surface area contributed by atoms with Gasteiger partial charge in [-0.05, 0) is 57.0 Å². The van der Waals surface area contributed by atoms with Gasteiger partial charge in [0.25, 0.3) is 11.8 Å². The van der Waals surface area contributed by atoms with E-state index in [1.807, 2.05) is 72.7 Å². The fraction of sp³-hybridized carbons (Fsp3) is 0.250. The summed E-state index contributed by atoms with van der Waals surface area (Å²) < 4.78 is 2.90. The van der Waals surface area contributed by atoms with Gasteiger partial charge >= 0.3 is 0 Å². The van der Waals surface area contributed by atoms with Crippen LogP contribution in [0.3, 0.4) is 0 Å². The van der Waals surface area contributed by atoms with E-state index in [0.29, 0.717) is 30.0 Å². The van der Waals surface area contributed by atoms with Crippen molar-refractivity contribution in [2.75, 3.05) is 18.4 Å². The second kappa shape index (κ2) is 10.1. The van der Waals surface area contributed by atoms with Gasteiger partial charge in [0.05, 0.1) is 43.4 Å². The molecule has 2 aromatic carbocycles. The van der Waals surface area contributed by atoms with Crippen molar-refractivity contribution in [3.8, 4) is 5.69 Å². The second-order valence-corrected chi connectivity index (χ2v) is 11.5. The van der Waals surface area contributed by atoms with E-state index in [-0.39, 0.29) is 17.7 Å². The van der Waals surface area contributed by atoms with Crippen LogP contribution in [-0.4, -0.2) is 49.6 Å². The minimum Gasteiger partial charge on any atom is -0.338 e. The number of aryl methyl sites for hydroxylation is 1. The van der Waals surface area contributed by atoms with Crippen LogP contribution in [0, 0.1) is 13.8 Å². The van der Waals surface area contributed by atoms with E-state index in [1.165, 1.54) is 11.3 Å². The topological polar surface area (TPSA) is 93.0 Å². The van der Waals surface area contributed by atoms with Crippen molar-refractivity contribution in [3.05, 3.63) is 87.1 Å². The molecular weight excluding hydrogens is 516 g/mol. The van der Waals surface area contributed by atoms with Gasteiger partial charge in [-0.2, -0.15) is 5.10 Å². The predicted molar refractivity (Wildman–Crippen MR) is 151 cm³/mol.